The average molecular weight is 435 g/mol. The minimum absolute atomic E-state index is 0.00791. The van der Waals surface area contributed by atoms with Crippen molar-refractivity contribution in [3.63, 3.8) is 0 Å². The van der Waals surface area contributed by atoms with E-state index in [4.69, 9.17) is 0 Å². The van der Waals surface area contributed by atoms with Crippen molar-refractivity contribution in [3.8, 4) is 5.75 Å². The molecular weight excluding hydrogens is 415 g/mol. The van der Waals surface area contributed by atoms with E-state index in [1.54, 1.807) is 0 Å². The number of ether oxygens (including phenoxy) is 1. The van der Waals surface area contributed by atoms with Crippen LogP contribution in [-0.2, 0) is 14.8 Å². The molecule has 0 saturated carbocycles. The third-order valence-electron chi connectivity index (χ3n) is 5.02. The van der Waals surface area contributed by atoms with Gasteiger partial charge in [-0.25, -0.2) is 17.5 Å². The van der Waals surface area contributed by atoms with E-state index in [0.29, 0.717) is 12.8 Å². The van der Waals surface area contributed by atoms with Crippen LogP contribution in [0.15, 0.2) is 24.3 Å². The molecule has 2 N–H and O–H groups in total. The van der Waals surface area contributed by atoms with Crippen molar-refractivity contribution in [2.45, 2.75) is 37.6 Å². The fourth-order valence-corrected chi connectivity index (χ4v) is 5.43. The van der Waals surface area contributed by atoms with Gasteiger partial charge in [-0.1, -0.05) is 12.1 Å². The zero-order chi connectivity index (χ0) is 21.4. The fraction of sp³-hybridized carbons (Fsp3) is 0.529. The summed E-state index contributed by atoms with van der Waals surface area (Å²) in [7, 11) is -3.80. The molecule has 0 bridgehead atoms. The second kappa shape index (κ2) is 7.48. The van der Waals surface area contributed by atoms with Gasteiger partial charge >= 0.3 is 12.4 Å². The Labute approximate surface area is 165 Å². The monoisotopic (exact) mass is 435 g/mol. The summed E-state index contributed by atoms with van der Waals surface area (Å²) in [6.07, 6.45) is -3.80. The van der Waals surface area contributed by atoms with Crippen LogP contribution in [0, 0.1) is 0 Å². The zero-order valence-electron chi connectivity index (χ0n) is 15.5. The zero-order valence-corrected chi connectivity index (χ0v) is 16.3. The Morgan fingerprint density at radius 2 is 1.76 bits per heavy atom. The van der Waals surface area contributed by atoms with Crippen LogP contribution >= 0.6 is 0 Å². The average Bonchev–Trinajstić information content (AvgIpc) is 2.85. The van der Waals surface area contributed by atoms with Crippen molar-refractivity contribution in [1.82, 2.24) is 14.9 Å². The molecule has 0 unspecified atom stereocenters. The molecular formula is C17H20F3N3O5S. The minimum atomic E-state index is -4.76. The van der Waals surface area contributed by atoms with Crippen LogP contribution in [0.2, 0.25) is 0 Å². The summed E-state index contributed by atoms with van der Waals surface area (Å²) in [6, 6.07) is 4.80. The van der Waals surface area contributed by atoms with E-state index >= 15 is 0 Å². The normalized spacial score (nSPS) is 24.3. The largest absolute Gasteiger partial charge is 0.573 e. The number of nitrogens with zero attached hydrogens (tertiary/aromatic N) is 1. The van der Waals surface area contributed by atoms with Crippen molar-refractivity contribution >= 4 is 22.0 Å². The van der Waals surface area contributed by atoms with Crippen LogP contribution in [0.25, 0.3) is 0 Å². The molecule has 0 radical (unpaired) electrons. The second-order valence-corrected chi connectivity index (χ2v) is 9.26. The number of piperidine rings is 1. The van der Waals surface area contributed by atoms with Crippen molar-refractivity contribution in [2.75, 3.05) is 18.8 Å². The van der Waals surface area contributed by atoms with Gasteiger partial charge in [0.15, 0.2) is 0 Å². The molecule has 2 saturated heterocycles. The first-order valence-corrected chi connectivity index (χ1v) is 10.5. The Hall–Kier alpha value is -2.34. The third-order valence-corrected chi connectivity index (χ3v) is 7.12. The van der Waals surface area contributed by atoms with Gasteiger partial charge < -0.3 is 10.1 Å². The molecule has 2 fully saturated rings. The number of halogens is 3. The van der Waals surface area contributed by atoms with Gasteiger partial charge in [0.25, 0.3) is 5.91 Å². The minimum Gasteiger partial charge on any atom is -0.406 e. The Kier molecular flexibility index (Phi) is 5.52. The number of amides is 3. The molecule has 2 aliphatic heterocycles. The molecule has 1 aromatic carbocycles. The number of urea groups is 1. The maximum absolute atomic E-state index is 12.7. The second-order valence-electron chi connectivity index (χ2n) is 7.29. The van der Waals surface area contributed by atoms with E-state index in [1.165, 1.54) is 35.5 Å². The lowest BCUT2D eigenvalue weighted by Gasteiger charge is -2.33. The number of imide groups is 1. The summed E-state index contributed by atoms with van der Waals surface area (Å²) in [6.45, 7) is 1.76. The number of alkyl halides is 3. The first kappa shape index (κ1) is 21.4. The quantitative estimate of drug-likeness (QED) is 0.685. The van der Waals surface area contributed by atoms with Crippen LogP contribution < -0.4 is 15.4 Å². The Balaban J connectivity index is 1.60. The van der Waals surface area contributed by atoms with Gasteiger partial charge in [-0.15, -0.1) is 13.2 Å². The van der Waals surface area contributed by atoms with Crippen LogP contribution in [0.4, 0.5) is 18.0 Å². The van der Waals surface area contributed by atoms with E-state index in [-0.39, 0.29) is 24.8 Å². The van der Waals surface area contributed by atoms with E-state index < -0.39 is 39.6 Å². The number of carbonyl (C=O) groups excluding carboxylic acids is 2. The first-order chi connectivity index (χ1) is 13.4. The van der Waals surface area contributed by atoms with Gasteiger partial charge in [0.05, 0.1) is 5.75 Å². The lowest BCUT2D eigenvalue weighted by atomic mass is 9.90. The van der Waals surface area contributed by atoms with Crippen LogP contribution in [0.5, 0.6) is 5.75 Å². The molecule has 1 atom stereocenters. The highest BCUT2D eigenvalue weighted by atomic mass is 32.2. The lowest BCUT2D eigenvalue weighted by molar-refractivity contribution is -0.274. The lowest BCUT2D eigenvalue weighted by Crippen LogP contribution is -2.53. The predicted molar refractivity (Wildman–Crippen MR) is 95.5 cm³/mol. The molecule has 0 spiro atoms. The topological polar surface area (TPSA) is 105 Å². The summed E-state index contributed by atoms with van der Waals surface area (Å²) in [5.41, 5.74) is -0.730. The molecule has 2 heterocycles. The smallest absolute Gasteiger partial charge is 0.406 e. The third kappa shape index (κ3) is 4.99. The molecule has 0 aliphatic carbocycles. The van der Waals surface area contributed by atoms with Gasteiger partial charge in [-0.05, 0) is 43.4 Å². The summed E-state index contributed by atoms with van der Waals surface area (Å²) >= 11 is 0. The summed E-state index contributed by atoms with van der Waals surface area (Å²) in [5, 5.41) is 4.36. The molecule has 8 nitrogen and oxygen atoms in total. The van der Waals surface area contributed by atoms with Gasteiger partial charge in [-0.2, -0.15) is 0 Å². The van der Waals surface area contributed by atoms with Crippen molar-refractivity contribution in [2.24, 2.45) is 0 Å². The van der Waals surface area contributed by atoms with E-state index in [0.717, 1.165) is 5.56 Å². The molecule has 29 heavy (non-hydrogen) atoms. The van der Waals surface area contributed by atoms with E-state index in [1.807, 2.05) is 5.32 Å². The van der Waals surface area contributed by atoms with Gasteiger partial charge in [0.2, 0.25) is 10.0 Å². The SMILES string of the molecule is C[C@]1(CS(=O)(=O)N2CCC(c3ccc(OC(F)(F)F)cc3)CC2)NC(=O)NC1=O. The van der Waals surface area contributed by atoms with Crippen molar-refractivity contribution < 1.29 is 35.9 Å². The van der Waals surface area contributed by atoms with E-state index in [2.05, 4.69) is 10.1 Å². The first-order valence-electron chi connectivity index (χ1n) is 8.85. The standard InChI is InChI=1S/C17H20F3N3O5S/c1-16(14(24)21-15(25)22-16)10-29(26,27)23-8-6-12(7-9-23)11-2-4-13(5-3-11)28-17(18,19)20/h2-5,12H,6-10H2,1H3,(H2,21,22,24,25)/t16-/m1/s1. The molecule has 12 heteroatoms. The highest BCUT2D eigenvalue weighted by Gasteiger charge is 2.46. The van der Waals surface area contributed by atoms with Gasteiger partial charge in [0.1, 0.15) is 11.3 Å². The summed E-state index contributed by atoms with van der Waals surface area (Å²) in [5.74, 6) is -1.56. The maximum Gasteiger partial charge on any atom is 0.573 e. The Morgan fingerprint density at radius 3 is 2.24 bits per heavy atom. The highest BCUT2D eigenvalue weighted by molar-refractivity contribution is 7.89. The number of rotatable bonds is 5. The van der Waals surface area contributed by atoms with Crippen LogP contribution in [0.3, 0.4) is 0 Å². The predicted octanol–water partition coefficient (Wildman–Crippen LogP) is 1.69. The molecule has 3 amide bonds. The Morgan fingerprint density at radius 1 is 1.17 bits per heavy atom. The number of hydrogen-bond acceptors (Lipinski definition) is 5. The van der Waals surface area contributed by atoms with Gasteiger partial charge in [-0.3, -0.25) is 10.1 Å². The molecule has 160 valence electrons. The summed E-state index contributed by atoms with van der Waals surface area (Å²) < 4.78 is 67.2. The van der Waals surface area contributed by atoms with Gasteiger partial charge in [0, 0.05) is 13.1 Å². The van der Waals surface area contributed by atoms with Crippen LogP contribution in [0.1, 0.15) is 31.2 Å². The van der Waals surface area contributed by atoms with E-state index in [9.17, 15) is 31.2 Å². The molecule has 0 aromatic heterocycles. The highest BCUT2D eigenvalue weighted by Crippen LogP contribution is 2.32. The number of benzene rings is 1. The Bertz CT molecular complexity index is 896. The van der Waals surface area contributed by atoms with Crippen molar-refractivity contribution in [3.05, 3.63) is 29.8 Å². The number of sulfonamides is 1. The molecule has 1 aromatic rings. The molecule has 2 aliphatic rings. The van der Waals surface area contributed by atoms with Crippen LogP contribution in [-0.4, -0.2) is 55.4 Å². The number of nitrogens with one attached hydrogen (secondary N) is 2. The van der Waals surface area contributed by atoms with Crippen molar-refractivity contribution in [1.29, 1.82) is 0 Å². The fourth-order valence-electron chi connectivity index (χ4n) is 3.55. The molecule has 3 rings (SSSR count). The maximum atomic E-state index is 12.7. The number of carbonyl (C=O) groups is 2. The summed E-state index contributed by atoms with van der Waals surface area (Å²) in [4.78, 5) is 23.2. The number of hydrogen-bond donors (Lipinski definition) is 2.